The first-order valence-electron chi connectivity index (χ1n) is 9.24. The van der Waals surface area contributed by atoms with Crippen LogP contribution in [0.25, 0.3) is 0 Å². The highest BCUT2D eigenvalue weighted by molar-refractivity contribution is 5.84. The normalized spacial score (nSPS) is 54.3. The fourth-order valence-electron chi connectivity index (χ4n) is 6.85. The Balaban J connectivity index is 1.69. The molecule has 1 N–H and O–H groups in total. The summed E-state index contributed by atoms with van der Waals surface area (Å²) >= 11 is 0. The molecule has 4 aliphatic rings. The summed E-state index contributed by atoms with van der Waals surface area (Å²) in [6.07, 6.45) is 9.79. The van der Waals surface area contributed by atoms with Gasteiger partial charge in [-0.1, -0.05) is 32.4 Å². The van der Waals surface area contributed by atoms with E-state index in [1.54, 1.807) is 0 Å². The lowest BCUT2D eigenvalue weighted by Crippen LogP contribution is -2.50. The zero-order valence-electron chi connectivity index (χ0n) is 14.3. The molecule has 0 aromatic heterocycles. The quantitative estimate of drug-likeness (QED) is 0.683. The van der Waals surface area contributed by atoms with Gasteiger partial charge in [-0.15, -0.1) is 0 Å². The maximum atomic E-state index is 12.2. The molecule has 2 heteroatoms. The number of aliphatic hydroxyl groups is 1. The van der Waals surface area contributed by atoms with E-state index in [9.17, 15) is 9.90 Å². The van der Waals surface area contributed by atoms with Crippen molar-refractivity contribution in [3.8, 4) is 0 Å². The number of carbonyl (C=O) groups excluding carboxylic acids is 1. The first-order valence-corrected chi connectivity index (χ1v) is 9.24. The summed E-state index contributed by atoms with van der Waals surface area (Å²) in [6.45, 7) is 6.98. The van der Waals surface area contributed by atoms with Crippen LogP contribution in [0.3, 0.4) is 0 Å². The Bertz CT molecular complexity index is 536. The second-order valence-corrected chi connectivity index (χ2v) is 9.29. The molecule has 4 rings (SSSR count). The highest BCUT2D eigenvalue weighted by Crippen LogP contribution is 2.64. The number of hydrogen-bond donors (Lipinski definition) is 1. The van der Waals surface area contributed by atoms with Crippen LogP contribution in [-0.4, -0.2) is 17.0 Å². The lowest BCUT2D eigenvalue weighted by atomic mass is 9.47. The lowest BCUT2D eigenvalue weighted by molar-refractivity contribution is -0.126. The predicted octanol–water partition coefficient (Wildman–Crippen LogP) is 4.13. The molecule has 0 amide bonds. The van der Waals surface area contributed by atoms with Gasteiger partial charge < -0.3 is 5.11 Å². The van der Waals surface area contributed by atoms with Crippen LogP contribution in [-0.2, 0) is 4.79 Å². The molecule has 2 nitrogen and oxygen atoms in total. The summed E-state index contributed by atoms with van der Waals surface area (Å²) in [7, 11) is 0. The molecule has 0 bridgehead atoms. The van der Waals surface area contributed by atoms with Crippen LogP contribution in [0.5, 0.6) is 0 Å². The van der Waals surface area contributed by atoms with Gasteiger partial charge in [-0.25, -0.2) is 0 Å². The molecular weight excluding hydrogens is 272 g/mol. The first kappa shape index (κ1) is 14.9. The van der Waals surface area contributed by atoms with Crippen LogP contribution >= 0.6 is 0 Å². The molecule has 0 heterocycles. The van der Waals surface area contributed by atoms with Gasteiger partial charge in [-0.05, 0) is 67.1 Å². The smallest absolute Gasteiger partial charge is 0.139 e. The van der Waals surface area contributed by atoms with Crippen molar-refractivity contribution < 1.29 is 9.90 Å². The van der Waals surface area contributed by atoms with Crippen molar-refractivity contribution in [3.63, 3.8) is 0 Å². The van der Waals surface area contributed by atoms with E-state index in [1.165, 1.54) is 18.4 Å². The number of ketones is 1. The summed E-state index contributed by atoms with van der Waals surface area (Å²) in [6, 6.07) is 0. The molecule has 3 fully saturated rings. The fraction of sp³-hybridized carbons (Fsp3) is 0.850. The van der Waals surface area contributed by atoms with E-state index in [0.717, 1.165) is 37.5 Å². The third-order valence-electron chi connectivity index (χ3n) is 8.02. The van der Waals surface area contributed by atoms with Gasteiger partial charge in [0.1, 0.15) is 5.78 Å². The van der Waals surface area contributed by atoms with E-state index in [-0.39, 0.29) is 17.4 Å². The van der Waals surface area contributed by atoms with Gasteiger partial charge in [0, 0.05) is 12.3 Å². The first-order chi connectivity index (χ1) is 10.3. The SMILES string of the molecule is CC1C[C@@]2(C)C(=CC[C@H]3[C@@H]4C[C@@H](O)C[C@@]4(C)CC[C@@H]32)CC1=O. The number of hydrogen-bond acceptors (Lipinski definition) is 2. The van der Waals surface area contributed by atoms with Gasteiger partial charge in [-0.2, -0.15) is 0 Å². The van der Waals surface area contributed by atoms with E-state index in [1.807, 2.05) is 0 Å². The van der Waals surface area contributed by atoms with Crippen molar-refractivity contribution in [1.82, 2.24) is 0 Å². The average Bonchev–Trinajstić information content (AvgIpc) is 2.75. The third-order valence-corrected chi connectivity index (χ3v) is 8.02. The Morgan fingerprint density at radius 2 is 2.00 bits per heavy atom. The summed E-state index contributed by atoms with van der Waals surface area (Å²) < 4.78 is 0. The van der Waals surface area contributed by atoms with E-state index >= 15 is 0 Å². The van der Waals surface area contributed by atoms with Gasteiger partial charge in [0.2, 0.25) is 0 Å². The highest BCUT2D eigenvalue weighted by atomic mass is 16.3. The maximum absolute atomic E-state index is 12.2. The number of aliphatic hydroxyl groups excluding tert-OH is 1. The highest BCUT2D eigenvalue weighted by Gasteiger charge is 2.57. The number of Topliss-reactive ketones (excluding diaryl/α,β-unsaturated/α-hetero) is 1. The summed E-state index contributed by atoms with van der Waals surface area (Å²) in [5.74, 6) is 2.81. The molecular formula is C20H30O2. The molecule has 4 aliphatic carbocycles. The van der Waals surface area contributed by atoms with Gasteiger partial charge in [0.15, 0.2) is 0 Å². The largest absolute Gasteiger partial charge is 0.393 e. The van der Waals surface area contributed by atoms with E-state index in [0.29, 0.717) is 23.5 Å². The Labute approximate surface area is 134 Å². The number of carbonyl (C=O) groups is 1. The molecule has 22 heavy (non-hydrogen) atoms. The molecule has 0 radical (unpaired) electrons. The summed E-state index contributed by atoms with van der Waals surface area (Å²) in [4.78, 5) is 12.2. The van der Waals surface area contributed by atoms with Gasteiger partial charge in [0.25, 0.3) is 0 Å². The maximum Gasteiger partial charge on any atom is 0.139 e. The minimum atomic E-state index is -0.0845. The van der Waals surface area contributed by atoms with E-state index < -0.39 is 0 Å². The second-order valence-electron chi connectivity index (χ2n) is 9.29. The number of rotatable bonds is 0. The topological polar surface area (TPSA) is 37.3 Å². The van der Waals surface area contributed by atoms with Crippen molar-refractivity contribution >= 4 is 5.78 Å². The number of fused-ring (bicyclic) bond motifs is 5. The Morgan fingerprint density at radius 1 is 1.23 bits per heavy atom. The van der Waals surface area contributed by atoms with Gasteiger partial charge >= 0.3 is 0 Å². The summed E-state index contributed by atoms with van der Waals surface area (Å²) in [5, 5.41) is 10.2. The third kappa shape index (κ3) is 1.92. The Kier molecular flexibility index (Phi) is 3.18. The Hall–Kier alpha value is -0.630. The van der Waals surface area contributed by atoms with Crippen LogP contribution in [0.1, 0.15) is 65.7 Å². The minimum Gasteiger partial charge on any atom is -0.393 e. The number of allylic oxidation sites excluding steroid dienone is 2. The molecule has 0 aliphatic heterocycles. The molecule has 0 aromatic carbocycles. The van der Waals surface area contributed by atoms with Crippen molar-refractivity contribution in [2.75, 3.05) is 0 Å². The van der Waals surface area contributed by atoms with Crippen molar-refractivity contribution in [2.45, 2.75) is 71.8 Å². The molecule has 0 aromatic rings. The van der Waals surface area contributed by atoms with Crippen LogP contribution in [0, 0.1) is 34.5 Å². The predicted molar refractivity (Wildman–Crippen MR) is 87.3 cm³/mol. The average molecular weight is 302 g/mol. The standard InChI is InChI=1S/C20H30O2/c1-12-10-20(3)13(8-18(12)22)4-5-15-16(20)6-7-19(2)11-14(21)9-17(15)19/h4,12,14-17,21H,5-11H2,1-3H3/t12?,14-,15-,16+,17+,19-,20+/m1/s1. The van der Waals surface area contributed by atoms with Crippen LogP contribution in [0.15, 0.2) is 11.6 Å². The van der Waals surface area contributed by atoms with Crippen LogP contribution in [0.2, 0.25) is 0 Å². The van der Waals surface area contributed by atoms with E-state index in [2.05, 4.69) is 26.8 Å². The minimum absolute atomic E-state index is 0.0845. The zero-order chi connectivity index (χ0) is 15.7. The fourth-order valence-corrected chi connectivity index (χ4v) is 6.85. The lowest BCUT2D eigenvalue weighted by Gasteiger charge is -2.57. The van der Waals surface area contributed by atoms with Gasteiger partial charge in [0.05, 0.1) is 6.10 Å². The van der Waals surface area contributed by atoms with Crippen LogP contribution in [0.4, 0.5) is 0 Å². The monoisotopic (exact) mass is 302 g/mol. The van der Waals surface area contributed by atoms with Crippen molar-refractivity contribution in [3.05, 3.63) is 11.6 Å². The molecule has 0 spiro atoms. The van der Waals surface area contributed by atoms with E-state index in [4.69, 9.17) is 0 Å². The Morgan fingerprint density at radius 3 is 2.77 bits per heavy atom. The molecule has 122 valence electrons. The van der Waals surface area contributed by atoms with Crippen molar-refractivity contribution in [2.24, 2.45) is 34.5 Å². The van der Waals surface area contributed by atoms with Gasteiger partial charge in [-0.3, -0.25) is 4.79 Å². The molecule has 7 atom stereocenters. The van der Waals surface area contributed by atoms with Crippen molar-refractivity contribution in [1.29, 1.82) is 0 Å². The zero-order valence-corrected chi connectivity index (χ0v) is 14.3. The second kappa shape index (κ2) is 4.69. The molecule has 1 unspecified atom stereocenters. The molecule has 0 saturated heterocycles. The molecule has 3 saturated carbocycles. The van der Waals surface area contributed by atoms with Crippen LogP contribution < -0.4 is 0 Å². The summed E-state index contributed by atoms with van der Waals surface area (Å²) in [5.41, 5.74) is 2.04.